The van der Waals surface area contributed by atoms with Gasteiger partial charge in [-0.1, -0.05) is 17.7 Å². The van der Waals surface area contributed by atoms with Crippen LogP contribution >= 0.6 is 11.6 Å². The van der Waals surface area contributed by atoms with E-state index in [9.17, 15) is 14.0 Å². The minimum Gasteiger partial charge on any atom is -0.464 e. The lowest BCUT2D eigenvalue weighted by Gasteiger charge is -2.21. The summed E-state index contributed by atoms with van der Waals surface area (Å²) in [5.74, 6) is -2.01. The van der Waals surface area contributed by atoms with E-state index in [1.807, 2.05) is 0 Å². The summed E-state index contributed by atoms with van der Waals surface area (Å²) < 4.78 is 18.3. The highest BCUT2D eigenvalue weighted by atomic mass is 35.5. The average molecular weight is 303 g/mol. The summed E-state index contributed by atoms with van der Waals surface area (Å²) in [6.45, 7) is 1.65. The first-order valence-corrected chi connectivity index (χ1v) is 6.36. The lowest BCUT2D eigenvalue weighted by atomic mass is 10.2. The first-order valence-electron chi connectivity index (χ1n) is 5.98. The van der Waals surface area contributed by atoms with E-state index in [1.54, 1.807) is 6.92 Å². The van der Waals surface area contributed by atoms with Gasteiger partial charge >= 0.3 is 5.97 Å². The summed E-state index contributed by atoms with van der Waals surface area (Å²) in [7, 11) is 1.41. The van der Waals surface area contributed by atoms with Crippen LogP contribution in [0.5, 0.6) is 0 Å². The van der Waals surface area contributed by atoms with Crippen molar-refractivity contribution in [1.29, 1.82) is 0 Å². The Labute approximate surface area is 121 Å². The fourth-order valence-corrected chi connectivity index (χ4v) is 1.79. The lowest BCUT2D eigenvalue weighted by molar-refractivity contribution is -0.150. The van der Waals surface area contributed by atoms with Crippen LogP contribution in [0.4, 0.5) is 4.39 Å². The van der Waals surface area contributed by atoms with Crippen molar-refractivity contribution in [3.63, 3.8) is 0 Å². The molecule has 0 radical (unpaired) electrons. The SMILES string of the molecule is CCOC(=O)C(N)C(=O)N(C)Cc1c(F)cccc1Cl. The zero-order chi connectivity index (χ0) is 15.3. The van der Waals surface area contributed by atoms with Crippen molar-refractivity contribution in [2.75, 3.05) is 13.7 Å². The van der Waals surface area contributed by atoms with Crippen LogP contribution in [-0.4, -0.2) is 36.5 Å². The molecule has 20 heavy (non-hydrogen) atoms. The van der Waals surface area contributed by atoms with Crippen LogP contribution in [0.2, 0.25) is 5.02 Å². The molecule has 1 amide bonds. The quantitative estimate of drug-likeness (QED) is 0.658. The number of nitrogens with two attached hydrogens (primary N) is 1. The fourth-order valence-electron chi connectivity index (χ4n) is 1.57. The van der Waals surface area contributed by atoms with Crippen LogP contribution in [0.15, 0.2) is 18.2 Å². The summed E-state index contributed by atoms with van der Waals surface area (Å²) in [6.07, 6.45) is 0. The topological polar surface area (TPSA) is 72.6 Å². The summed E-state index contributed by atoms with van der Waals surface area (Å²) in [5, 5.41) is 0.203. The van der Waals surface area contributed by atoms with Crippen molar-refractivity contribution in [2.45, 2.75) is 19.5 Å². The number of hydrogen-bond acceptors (Lipinski definition) is 4. The van der Waals surface area contributed by atoms with Gasteiger partial charge in [-0.3, -0.25) is 4.79 Å². The molecule has 1 atom stereocenters. The highest BCUT2D eigenvalue weighted by molar-refractivity contribution is 6.31. The molecule has 0 aliphatic heterocycles. The monoisotopic (exact) mass is 302 g/mol. The molecule has 5 nitrogen and oxygen atoms in total. The number of carbonyl (C=O) groups is 2. The predicted octanol–water partition coefficient (Wildman–Crippen LogP) is 1.33. The van der Waals surface area contributed by atoms with Crippen LogP contribution in [0.1, 0.15) is 12.5 Å². The summed E-state index contributed by atoms with van der Waals surface area (Å²) >= 11 is 5.87. The number of esters is 1. The van der Waals surface area contributed by atoms with E-state index in [0.29, 0.717) is 0 Å². The predicted molar refractivity (Wildman–Crippen MR) is 72.5 cm³/mol. The molecule has 7 heteroatoms. The molecule has 0 aromatic heterocycles. The Morgan fingerprint density at radius 3 is 2.70 bits per heavy atom. The third-order valence-corrected chi connectivity index (χ3v) is 2.99. The Balaban J connectivity index is 2.78. The number of benzene rings is 1. The normalized spacial score (nSPS) is 11.8. The van der Waals surface area contributed by atoms with Crippen molar-refractivity contribution >= 4 is 23.5 Å². The van der Waals surface area contributed by atoms with Crippen molar-refractivity contribution in [3.05, 3.63) is 34.6 Å². The molecule has 0 heterocycles. The van der Waals surface area contributed by atoms with E-state index in [0.717, 1.165) is 4.90 Å². The van der Waals surface area contributed by atoms with Gasteiger partial charge in [-0.15, -0.1) is 0 Å². The molecule has 0 aliphatic rings. The molecule has 1 aromatic rings. The van der Waals surface area contributed by atoms with Gasteiger partial charge in [0, 0.05) is 24.2 Å². The second-order valence-corrected chi connectivity index (χ2v) is 4.53. The number of rotatable bonds is 5. The molecule has 0 spiro atoms. The molecule has 1 aromatic carbocycles. The Hall–Kier alpha value is -1.66. The van der Waals surface area contributed by atoms with Crippen LogP contribution in [-0.2, 0) is 20.9 Å². The Morgan fingerprint density at radius 1 is 1.50 bits per heavy atom. The second kappa shape index (κ2) is 7.21. The van der Waals surface area contributed by atoms with E-state index >= 15 is 0 Å². The van der Waals surface area contributed by atoms with Crippen molar-refractivity contribution in [3.8, 4) is 0 Å². The molecule has 1 rings (SSSR count). The smallest absolute Gasteiger partial charge is 0.332 e. The van der Waals surface area contributed by atoms with Gasteiger partial charge in [-0.25, -0.2) is 9.18 Å². The largest absolute Gasteiger partial charge is 0.464 e. The summed E-state index contributed by atoms with van der Waals surface area (Å²) in [4.78, 5) is 24.4. The highest BCUT2D eigenvalue weighted by Crippen LogP contribution is 2.20. The average Bonchev–Trinajstić information content (AvgIpc) is 2.41. The zero-order valence-electron chi connectivity index (χ0n) is 11.2. The number of likely N-dealkylation sites (N-methyl/N-ethyl adjacent to an activating group) is 1. The van der Waals surface area contributed by atoms with Gasteiger partial charge in [0.15, 0.2) is 6.04 Å². The van der Waals surface area contributed by atoms with E-state index in [2.05, 4.69) is 4.74 Å². The standard InChI is InChI=1S/C13H16ClFN2O3/c1-3-20-13(19)11(16)12(18)17(2)7-8-9(14)5-4-6-10(8)15/h4-6,11H,3,7,16H2,1-2H3. The van der Waals surface area contributed by atoms with Gasteiger partial charge < -0.3 is 15.4 Å². The Kier molecular flexibility index (Phi) is 5.91. The molecule has 0 aliphatic carbocycles. The molecule has 1 unspecified atom stereocenters. The maximum absolute atomic E-state index is 13.6. The molecule has 0 saturated heterocycles. The number of nitrogens with zero attached hydrogens (tertiary/aromatic N) is 1. The van der Waals surface area contributed by atoms with Gasteiger partial charge in [0.05, 0.1) is 6.61 Å². The molecule has 0 fully saturated rings. The number of amides is 1. The Bertz CT molecular complexity index is 490. The van der Waals surface area contributed by atoms with Crippen molar-refractivity contribution < 1.29 is 18.7 Å². The zero-order valence-corrected chi connectivity index (χ0v) is 12.0. The number of halogens is 2. The first kappa shape index (κ1) is 16.4. The lowest BCUT2D eigenvalue weighted by Crippen LogP contribution is -2.47. The van der Waals surface area contributed by atoms with Gasteiger partial charge in [0.1, 0.15) is 5.82 Å². The minimum absolute atomic E-state index is 0.0859. The molecular formula is C13H16ClFN2O3. The number of hydrogen-bond donors (Lipinski definition) is 1. The van der Waals surface area contributed by atoms with Crippen LogP contribution in [0, 0.1) is 5.82 Å². The maximum Gasteiger partial charge on any atom is 0.332 e. The van der Waals surface area contributed by atoms with Gasteiger partial charge in [0.25, 0.3) is 5.91 Å². The minimum atomic E-state index is -1.43. The number of ether oxygens (including phenoxy) is 1. The fraction of sp³-hybridized carbons (Fsp3) is 0.385. The van der Waals surface area contributed by atoms with Crippen LogP contribution < -0.4 is 5.73 Å². The molecule has 110 valence electrons. The summed E-state index contributed by atoms with van der Waals surface area (Å²) in [5.41, 5.74) is 5.65. The van der Waals surface area contributed by atoms with Crippen LogP contribution in [0.25, 0.3) is 0 Å². The van der Waals surface area contributed by atoms with E-state index in [4.69, 9.17) is 17.3 Å². The molecular weight excluding hydrogens is 287 g/mol. The van der Waals surface area contributed by atoms with Gasteiger partial charge in [-0.2, -0.15) is 0 Å². The van der Waals surface area contributed by atoms with Crippen molar-refractivity contribution in [2.24, 2.45) is 5.73 Å². The van der Waals surface area contributed by atoms with E-state index in [1.165, 1.54) is 25.2 Å². The second-order valence-electron chi connectivity index (χ2n) is 4.12. The van der Waals surface area contributed by atoms with Crippen LogP contribution in [0.3, 0.4) is 0 Å². The molecule has 2 N–H and O–H groups in total. The van der Waals surface area contributed by atoms with Gasteiger partial charge in [-0.05, 0) is 19.1 Å². The maximum atomic E-state index is 13.6. The van der Waals surface area contributed by atoms with Crippen molar-refractivity contribution in [1.82, 2.24) is 4.90 Å². The van der Waals surface area contributed by atoms with E-state index in [-0.39, 0.29) is 23.7 Å². The molecule has 0 saturated carbocycles. The third kappa shape index (κ3) is 3.91. The van der Waals surface area contributed by atoms with E-state index < -0.39 is 23.7 Å². The summed E-state index contributed by atoms with van der Waals surface area (Å²) in [6, 6.07) is 2.80. The third-order valence-electron chi connectivity index (χ3n) is 2.64. The highest BCUT2D eigenvalue weighted by Gasteiger charge is 2.27. The van der Waals surface area contributed by atoms with Gasteiger partial charge in [0.2, 0.25) is 0 Å². The number of carbonyl (C=O) groups excluding carboxylic acids is 2. The Morgan fingerprint density at radius 2 is 2.15 bits per heavy atom. The first-order chi connectivity index (χ1) is 9.38. The molecule has 0 bridgehead atoms.